The maximum atomic E-state index is 4.42. The van der Waals surface area contributed by atoms with Crippen LogP contribution in [-0.4, -0.2) is 4.98 Å². The molecule has 0 aromatic carbocycles. The molecule has 0 spiro atoms. The first-order valence-corrected chi connectivity index (χ1v) is 5.39. The monoisotopic (exact) mass is 181 g/mol. The van der Waals surface area contributed by atoms with E-state index in [9.17, 15) is 0 Å². The zero-order chi connectivity index (χ0) is 8.77. The van der Waals surface area contributed by atoms with Gasteiger partial charge in [-0.25, -0.2) is 4.98 Å². The van der Waals surface area contributed by atoms with Gasteiger partial charge in [0, 0.05) is 4.88 Å². The Balaban J connectivity index is 2.38. The molecule has 66 valence electrons. The summed E-state index contributed by atoms with van der Waals surface area (Å²) in [5, 5.41) is 0. The van der Waals surface area contributed by atoms with Crippen molar-refractivity contribution in [2.75, 3.05) is 0 Å². The number of nitrogens with zero attached hydrogens (tertiary/aromatic N) is 1. The van der Waals surface area contributed by atoms with Crippen molar-refractivity contribution in [3.63, 3.8) is 0 Å². The number of hydrogen-bond donors (Lipinski definition) is 0. The molecule has 1 unspecified atom stereocenters. The molecule has 0 radical (unpaired) electrons. The molecule has 0 saturated heterocycles. The van der Waals surface area contributed by atoms with Gasteiger partial charge < -0.3 is 0 Å². The second kappa shape index (κ2) is 2.56. The predicted octanol–water partition coefficient (Wildman–Crippen LogP) is 3.22. The van der Waals surface area contributed by atoms with Crippen LogP contribution in [0, 0.1) is 5.41 Å². The number of rotatable bonds is 0. The van der Waals surface area contributed by atoms with Crippen LogP contribution in [0.4, 0.5) is 0 Å². The normalized spacial score (nSPS) is 26.8. The average molecular weight is 181 g/mol. The fraction of sp³-hybridized carbons (Fsp3) is 0.700. The van der Waals surface area contributed by atoms with Crippen molar-refractivity contribution >= 4 is 11.3 Å². The van der Waals surface area contributed by atoms with Crippen molar-refractivity contribution in [3.8, 4) is 0 Å². The van der Waals surface area contributed by atoms with E-state index in [1.807, 2.05) is 16.8 Å². The van der Waals surface area contributed by atoms with Gasteiger partial charge in [-0.3, -0.25) is 0 Å². The Bertz CT molecular complexity index is 288. The lowest BCUT2D eigenvalue weighted by Gasteiger charge is -2.32. The lowest BCUT2D eigenvalue weighted by atomic mass is 9.74. The minimum absolute atomic E-state index is 0.459. The molecule has 1 aromatic rings. The van der Waals surface area contributed by atoms with E-state index in [4.69, 9.17) is 0 Å². The summed E-state index contributed by atoms with van der Waals surface area (Å²) >= 11 is 1.82. The van der Waals surface area contributed by atoms with E-state index in [-0.39, 0.29) is 0 Å². The average Bonchev–Trinajstić information content (AvgIpc) is 2.31. The van der Waals surface area contributed by atoms with Crippen molar-refractivity contribution in [1.29, 1.82) is 0 Å². The van der Waals surface area contributed by atoms with E-state index in [2.05, 4.69) is 25.8 Å². The topological polar surface area (TPSA) is 12.9 Å². The van der Waals surface area contributed by atoms with E-state index in [0.29, 0.717) is 5.41 Å². The maximum absolute atomic E-state index is 4.42. The lowest BCUT2D eigenvalue weighted by Crippen LogP contribution is -2.23. The molecule has 0 bridgehead atoms. The molecule has 1 atom stereocenters. The summed E-state index contributed by atoms with van der Waals surface area (Å²) in [6.07, 6.45) is 2.47. The van der Waals surface area contributed by atoms with Gasteiger partial charge >= 0.3 is 0 Å². The second-order valence-corrected chi connectivity index (χ2v) is 5.50. The van der Waals surface area contributed by atoms with Crippen molar-refractivity contribution in [2.24, 2.45) is 5.41 Å². The Hall–Kier alpha value is -0.370. The van der Waals surface area contributed by atoms with Gasteiger partial charge in [-0.1, -0.05) is 20.8 Å². The molecular weight excluding hydrogens is 166 g/mol. The molecule has 0 fully saturated rings. The molecule has 1 aliphatic carbocycles. The molecule has 0 amide bonds. The highest BCUT2D eigenvalue weighted by Gasteiger charge is 2.31. The number of thiazole rings is 1. The molecule has 2 rings (SSSR count). The van der Waals surface area contributed by atoms with Crippen molar-refractivity contribution in [1.82, 2.24) is 4.98 Å². The van der Waals surface area contributed by atoms with Crippen LogP contribution in [-0.2, 0) is 6.42 Å². The van der Waals surface area contributed by atoms with Gasteiger partial charge in [-0.05, 0) is 24.2 Å². The van der Waals surface area contributed by atoms with Crippen LogP contribution >= 0.6 is 11.3 Å². The molecule has 0 N–H and O–H groups in total. The lowest BCUT2D eigenvalue weighted by molar-refractivity contribution is 0.287. The zero-order valence-corrected chi connectivity index (χ0v) is 8.74. The summed E-state index contributed by atoms with van der Waals surface area (Å²) in [6.45, 7) is 7.00. The largest absolute Gasteiger partial charge is 0.249 e. The summed E-state index contributed by atoms with van der Waals surface area (Å²) in [7, 11) is 0. The standard InChI is InChI=1S/C10H15NS/c1-7-4-10(2,3)5-8-9(7)12-6-11-8/h6-7H,4-5H2,1-3H3. The van der Waals surface area contributed by atoms with E-state index in [1.165, 1.54) is 17.0 Å². The Morgan fingerprint density at radius 3 is 3.08 bits per heavy atom. The van der Waals surface area contributed by atoms with Gasteiger partial charge in [0.05, 0.1) is 11.2 Å². The highest BCUT2D eigenvalue weighted by Crippen LogP contribution is 2.42. The fourth-order valence-electron chi connectivity index (χ4n) is 2.26. The van der Waals surface area contributed by atoms with E-state index < -0.39 is 0 Å². The summed E-state index contributed by atoms with van der Waals surface area (Å²) in [4.78, 5) is 5.94. The van der Waals surface area contributed by atoms with Crippen molar-refractivity contribution in [3.05, 3.63) is 16.1 Å². The predicted molar refractivity (Wildman–Crippen MR) is 52.6 cm³/mol. The first-order chi connectivity index (χ1) is 5.58. The van der Waals surface area contributed by atoms with E-state index in [0.717, 1.165) is 12.3 Å². The van der Waals surface area contributed by atoms with Gasteiger partial charge in [-0.2, -0.15) is 0 Å². The van der Waals surface area contributed by atoms with Crippen LogP contribution in [0.2, 0.25) is 0 Å². The smallest absolute Gasteiger partial charge is 0.0797 e. The van der Waals surface area contributed by atoms with Crippen LogP contribution in [0.25, 0.3) is 0 Å². The first kappa shape index (κ1) is 8.24. The van der Waals surface area contributed by atoms with Gasteiger partial charge in [0.1, 0.15) is 0 Å². The van der Waals surface area contributed by atoms with Crippen molar-refractivity contribution < 1.29 is 0 Å². The highest BCUT2D eigenvalue weighted by molar-refractivity contribution is 7.09. The SMILES string of the molecule is CC1CC(C)(C)Cc2ncsc21. The third-order valence-corrected chi connectivity index (χ3v) is 3.73. The minimum Gasteiger partial charge on any atom is -0.249 e. The molecule has 1 nitrogen and oxygen atoms in total. The highest BCUT2D eigenvalue weighted by atomic mass is 32.1. The van der Waals surface area contributed by atoms with Crippen LogP contribution < -0.4 is 0 Å². The molecule has 2 heteroatoms. The molecule has 0 aliphatic heterocycles. The number of aromatic nitrogens is 1. The Morgan fingerprint density at radius 1 is 1.58 bits per heavy atom. The van der Waals surface area contributed by atoms with Gasteiger partial charge in [0.2, 0.25) is 0 Å². The van der Waals surface area contributed by atoms with E-state index in [1.54, 1.807) is 0 Å². The molecule has 12 heavy (non-hydrogen) atoms. The van der Waals surface area contributed by atoms with Gasteiger partial charge in [-0.15, -0.1) is 11.3 Å². The first-order valence-electron chi connectivity index (χ1n) is 4.51. The third-order valence-electron chi connectivity index (χ3n) is 2.62. The Labute approximate surface area is 77.8 Å². The molecule has 1 aliphatic rings. The van der Waals surface area contributed by atoms with Crippen LogP contribution in [0.5, 0.6) is 0 Å². The second-order valence-electron chi connectivity index (χ2n) is 4.61. The molecule has 0 saturated carbocycles. The van der Waals surface area contributed by atoms with Gasteiger partial charge in [0.25, 0.3) is 0 Å². The minimum atomic E-state index is 0.459. The quantitative estimate of drug-likeness (QED) is 0.599. The fourth-order valence-corrected chi connectivity index (χ4v) is 3.13. The number of hydrogen-bond acceptors (Lipinski definition) is 2. The van der Waals surface area contributed by atoms with Crippen LogP contribution in [0.1, 0.15) is 43.7 Å². The summed E-state index contributed by atoms with van der Waals surface area (Å²) in [5.41, 5.74) is 3.80. The van der Waals surface area contributed by atoms with Gasteiger partial charge in [0.15, 0.2) is 0 Å². The molecule has 1 heterocycles. The maximum Gasteiger partial charge on any atom is 0.0797 e. The van der Waals surface area contributed by atoms with Crippen molar-refractivity contribution in [2.45, 2.75) is 39.5 Å². The van der Waals surface area contributed by atoms with Crippen LogP contribution in [0.3, 0.4) is 0 Å². The van der Waals surface area contributed by atoms with Crippen LogP contribution in [0.15, 0.2) is 5.51 Å². The molecule has 1 aromatic heterocycles. The summed E-state index contributed by atoms with van der Waals surface area (Å²) in [5.74, 6) is 0.719. The molecular formula is C10H15NS. The Morgan fingerprint density at radius 2 is 2.33 bits per heavy atom. The van der Waals surface area contributed by atoms with E-state index >= 15 is 0 Å². The zero-order valence-electron chi connectivity index (χ0n) is 7.92. The Kier molecular flexibility index (Phi) is 1.76. The number of fused-ring (bicyclic) bond motifs is 1. The third kappa shape index (κ3) is 1.28. The summed E-state index contributed by atoms with van der Waals surface area (Å²) < 4.78 is 0. The summed E-state index contributed by atoms with van der Waals surface area (Å²) in [6, 6.07) is 0.